The van der Waals surface area contributed by atoms with Crippen molar-refractivity contribution >= 4 is 24.8 Å². The van der Waals surface area contributed by atoms with E-state index in [9.17, 15) is 0 Å². The van der Waals surface area contributed by atoms with Crippen LogP contribution in [-0.4, -0.2) is 13.2 Å². The maximum atomic E-state index is 5.23. The van der Waals surface area contributed by atoms with E-state index in [2.05, 4.69) is 25.2 Å². The van der Waals surface area contributed by atoms with Gasteiger partial charge in [0, 0.05) is 34.9 Å². The molecule has 0 radical (unpaired) electrons. The van der Waals surface area contributed by atoms with Crippen molar-refractivity contribution in [2.75, 3.05) is 7.11 Å². The van der Waals surface area contributed by atoms with Crippen molar-refractivity contribution in [2.45, 2.75) is 25.9 Å². The number of ether oxygens (including phenoxy) is 1. The number of halogens is 2. The molecule has 1 rings (SSSR count). The van der Waals surface area contributed by atoms with E-state index in [0.29, 0.717) is 0 Å². The van der Waals surface area contributed by atoms with E-state index in [1.54, 1.807) is 7.11 Å². The first-order valence-corrected chi connectivity index (χ1v) is 3.68. The van der Waals surface area contributed by atoms with Gasteiger partial charge in [0.25, 0.3) is 0 Å². The van der Waals surface area contributed by atoms with E-state index in [1.807, 2.05) is 0 Å². The van der Waals surface area contributed by atoms with Crippen LogP contribution in [-0.2, 0) is 26.5 Å². The van der Waals surface area contributed by atoms with Gasteiger partial charge in [-0.05, 0) is 6.42 Å². The predicted octanol–water partition coefficient (Wildman–Crippen LogP) is 2.94. The summed E-state index contributed by atoms with van der Waals surface area (Å²) in [6.07, 6.45) is 9.69. The van der Waals surface area contributed by atoms with E-state index >= 15 is 0 Å². The van der Waals surface area contributed by atoms with Gasteiger partial charge in [-0.15, -0.1) is 31.2 Å². The number of hydrogen-bond acceptors (Lipinski definition) is 1. The molecule has 0 fully saturated rings. The molecule has 1 aliphatic rings. The van der Waals surface area contributed by atoms with Gasteiger partial charge in [-0.1, -0.05) is 6.92 Å². The van der Waals surface area contributed by atoms with Gasteiger partial charge in [0.05, 0.1) is 0 Å². The van der Waals surface area contributed by atoms with Gasteiger partial charge in [-0.25, -0.2) is 6.08 Å². The standard InChI is InChI=1S/C9H13O.2ClH.Ti/c1-3-9(10-2)8-6-4-5-7-8;;;/h4,6,9H,3,5H2,1-2H3;2*1H;/q-1;;;. The van der Waals surface area contributed by atoms with Crippen molar-refractivity contribution in [1.29, 1.82) is 0 Å². The zero-order valence-electron chi connectivity index (χ0n) is 7.87. The van der Waals surface area contributed by atoms with Crippen LogP contribution in [0.5, 0.6) is 0 Å². The number of hydrogen-bond donors (Lipinski definition) is 0. The third kappa shape index (κ3) is 5.93. The Morgan fingerprint density at radius 2 is 2.15 bits per heavy atom. The molecule has 13 heavy (non-hydrogen) atoms. The maximum Gasteiger partial charge on any atom is 0.0488 e. The summed E-state index contributed by atoms with van der Waals surface area (Å²) < 4.78 is 5.23. The summed E-state index contributed by atoms with van der Waals surface area (Å²) in [5.74, 6) is 0. The van der Waals surface area contributed by atoms with Crippen LogP contribution in [0.3, 0.4) is 0 Å². The molecule has 1 atom stereocenters. The zero-order valence-corrected chi connectivity index (χ0v) is 11.1. The van der Waals surface area contributed by atoms with Gasteiger partial charge in [0.15, 0.2) is 0 Å². The fourth-order valence-electron chi connectivity index (χ4n) is 1.16. The van der Waals surface area contributed by atoms with Crippen molar-refractivity contribution in [1.82, 2.24) is 0 Å². The zero-order chi connectivity index (χ0) is 7.40. The minimum Gasteiger partial charge on any atom is -0.380 e. The van der Waals surface area contributed by atoms with Crippen molar-refractivity contribution in [3.05, 3.63) is 23.8 Å². The molecule has 1 aliphatic carbocycles. The molecule has 0 spiro atoms. The fraction of sp³-hybridized carbons (Fsp3) is 0.556. The molecule has 0 aromatic heterocycles. The maximum absolute atomic E-state index is 5.23. The molecule has 76 valence electrons. The van der Waals surface area contributed by atoms with Gasteiger partial charge in [-0.3, -0.25) is 6.08 Å². The molecular formula is C9H15Cl2OTi-. The minimum absolute atomic E-state index is 0. The summed E-state index contributed by atoms with van der Waals surface area (Å²) in [6, 6.07) is 0. The largest absolute Gasteiger partial charge is 0.380 e. The second kappa shape index (κ2) is 10.8. The number of rotatable bonds is 3. The second-order valence-corrected chi connectivity index (χ2v) is 2.37. The van der Waals surface area contributed by atoms with Crippen LogP contribution in [0.15, 0.2) is 17.7 Å². The molecule has 0 amide bonds. The molecule has 1 nitrogen and oxygen atoms in total. The average Bonchev–Trinajstić information content (AvgIpc) is 2.43. The Morgan fingerprint density at radius 1 is 1.54 bits per heavy atom. The smallest absolute Gasteiger partial charge is 0.0488 e. The molecule has 0 aliphatic heterocycles. The normalized spacial score (nSPS) is 14.8. The topological polar surface area (TPSA) is 9.23 Å². The molecule has 0 saturated carbocycles. The van der Waals surface area contributed by atoms with Crippen LogP contribution in [0.2, 0.25) is 0 Å². The van der Waals surface area contributed by atoms with Gasteiger partial charge in [0.1, 0.15) is 0 Å². The first kappa shape index (κ1) is 19.3. The van der Waals surface area contributed by atoms with Crippen LogP contribution in [0.4, 0.5) is 0 Å². The van der Waals surface area contributed by atoms with Crippen LogP contribution < -0.4 is 0 Å². The van der Waals surface area contributed by atoms with E-state index < -0.39 is 0 Å². The summed E-state index contributed by atoms with van der Waals surface area (Å²) in [5, 5.41) is 0. The first-order chi connectivity index (χ1) is 4.88. The van der Waals surface area contributed by atoms with Crippen LogP contribution in [0, 0.1) is 6.08 Å². The monoisotopic (exact) mass is 257 g/mol. The van der Waals surface area contributed by atoms with Gasteiger partial charge < -0.3 is 4.74 Å². The number of allylic oxidation sites excluding steroid dienone is 2. The molecule has 0 heterocycles. The Morgan fingerprint density at radius 3 is 2.46 bits per heavy atom. The number of methoxy groups -OCH3 is 1. The van der Waals surface area contributed by atoms with Crippen LogP contribution in [0.1, 0.15) is 19.8 Å². The SMILES string of the molecule is CCC(OC)C1=[C-]CC=C1.Cl.Cl.[Ti]. The molecule has 0 saturated heterocycles. The summed E-state index contributed by atoms with van der Waals surface area (Å²) in [5.41, 5.74) is 1.21. The van der Waals surface area contributed by atoms with Crippen molar-refractivity contribution < 1.29 is 26.5 Å². The summed E-state index contributed by atoms with van der Waals surface area (Å²) in [6.45, 7) is 2.12. The summed E-state index contributed by atoms with van der Waals surface area (Å²) in [7, 11) is 1.75. The molecule has 1 unspecified atom stereocenters. The van der Waals surface area contributed by atoms with E-state index in [-0.39, 0.29) is 52.6 Å². The van der Waals surface area contributed by atoms with E-state index in [4.69, 9.17) is 4.74 Å². The second-order valence-electron chi connectivity index (χ2n) is 2.37. The van der Waals surface area contributed by atoms with E-state index in [0.717, 1.165) is 12.8 Å². The van der Waals surface area contributed by atoms with Crippen LogP contribution >= 0.6 is 24.8 Å². The Kier molecular flexibility index (Phi) is 16.1. The molecule has 0 N–H and O–H groups in total. The van der Waals surface area contributed by atoms with Crippen molar-refractivity contribution in [3.8, 4) is 0 Å². The average molecular weight is 258 g/mol. The third-order valence-electron chi connectivity index (χ3n) is 1.72. The minimum atomic E-state index is 0. The van der Waals surface area contributed by atoms with Gasteiger partial charge >= 0.3 is 0 Å². The van der Waals surface area contributed by atoms with Crippen LogP contribution in [0.25, 0.3) is 0 Å². The molecule has 0 bridgehead atoms. The Bertz CT molecular complexity index is 165. The molecule has 0 aromatic rings. The quantitative estimate of drug-likeness (QED) is 0.558. The Labute approximate surface area is 108 Å². The van der Waals surface area contributed by atoms with Crippen molar-refractivity contribution in [2.24, 2.45) is 0 Å². The fourth-order valence-corrected chi connectivity index (χ4v) is 1.16. The van der Waals surface area contributed by atoms with E-state index in [1.165, 1.54) is 5.57 Å². The molecular weight excluding hydrogens is 243 g/mol. The Hall–Kier alpha value is 0.734. The summed E-state index contributed by atoms with van der Waals surface area (Å²) in [4.78, 5) is 0. The molecule has 4 heteroatoms. The molecule has 0 aromatic carbocycles. The third-order valence-corrected chi connectivity index (χ3v) is 1.72. The van der Waals surface area contributed by atoms with Gasteiger partial charge in [0.2, 0.25) is 0 Å². The Balaban J connectivity index is -0.000000333. The predicted molar refractivity (Wildman–Crippen MR) is 56.1 cm³/mol. The summed E-state index contributed by atoms with van der Waals surface area (Å²) >= 11 is 0. The van der Waals surface area contributed by atoms with Crippen molar-refractivity contribution in [3.63, 3.8) is 0 Å². The van der Waals surface area contributed by atoms with Gasteiger partial charge in [-0.2, -0.15) is 11.6 Å². The first-order valence-electron chi connectivity index (χ1n) is 3.68.